The van der Waals surface area contributed by atoms with E-state index in [1.807, 2.05) is 0 Å². The van der Waals surface area contributed by atoms with Gasteiger partial charge in [0.05, 0.1) is 23.8 Å². The van der Waals surface area contributed by atoms with Crippen LogP contribution in [0.3, 0.4) is 0 Å². The highest BCUT2D eigenvalue weighted by molar-refractivity contribution is 6.30. The van der Waals surface area contributed by atoms with Crippen molar-refractivity contribution in [2.45, 2.75) is 31.1 Å². The van der Waals surface area contributed by atoms with Gasteiger partial charge in [-0.3, -0.25) is 9.69 Å². The molecule has 0 saturated carbocycles. The van der Waals surface area contributed by atoms with E-state index in [1.54, 1.807) is 43.5 Å². The molecule has 2 aromatic rings. The number of methoxy groups -OCH3 is 1. The van der Waals surface area contributed by atoms with Crippen LogP contribution >= 0.6 is 11.6 Å². The Balaban J connectivity index is 1.23. The van der Waals surface area contributed by atoms with Crippen LogP contribution in [0.15, 0.2) is 42.5 Å². The van der Waals surface area contributed by atoms with Crippen molar-refractivity contribution in [3.05, 3.63) is 64.4 Å². The van der Waals surface area contributed by atoms with E-state index in [0.717, 1.165) is 43.8 Å². The maximum atomic E-state index is 13.5. The number of carbonyl (C=O) groups is 1. The summed E-state index contributed by atoms with van der Waals surface area (Å²) in [5.41, 5.74) is 1.51. The molecule has 7 heteroatoms. The quantitative estimate of drug-likeness (QED) is 0.734. The zero-order valence-electron chi connectivity index (χ0n) is 17.4. The average molecular weight is 445 g/mol. The lowest BCUT2D eigenvalue weighted by Gasteiger charge is -2.29. The molecule has 1 spiro atoms. The molecule has 0 radical (unpaired) electrons. The van der Waals surface area contributed by atoms with Crippen LogP contribution in [0.1, 0.15) is 28.8 Å². The van der Waals surface area contributed by atoms with E-state index in [1.165, 1.54) is 6.07 Å². The van der Waals surface area contributed by atoms with Gasteiger partial charge in [0, 0.05) is 43.6 Å². The normalized spacial score (nSPS) is 29.2. The van der Waals surface area contributed by atoms with Gasteiger partial charge in [-0.05, 0) is 54.8 Å². The van der Waals surface area contributed by atoms with Crippen molar-refractivity contribution in [1.82, 2.24) is 10.2 Å². The van der Waals surface area contributed by atoms with E-state index in [4.69, 9.17) is 21.1 Å². The summed E-state index contributed by atoms with van der Waals surface area (Å²) in [5, 5.41) is 3.27. The fraction of sp³-hybridized carbons (Fsp3) is 0.458. The number of amides is 1. The molecule has 4 atom stereocenters. The molecule has 3 fully saturated rings. The fourth-order valence-electron chi connectivity index (χ4n) is 5.63. The van der Waals surface area contributed by atoms with Crippen molar-refractivity contribution >= 4 is 17.5 Å². The lowest BCUT2D eigenvalue weighted by molar-refractivity contribution is 0.00212. The predicted octanol–water partition coefficient (Wildman–Crippen LogP) is 3.90. The Hall–Kier alpha value is -2.15. The molecular formula is C24H26ClFN2O3. The van der Waals surface area contributed by atoms with Crippen molar-refractivity contribution < 1.29 is 18.7 Å². The zero-order valence-corrected chi connectivity index (χ0v) is 18.2. The monoisotopic (exact) mass is 444 g/mol. The minimum absolute atomic E-state index is 0.0738. The number of carbonyl (C=O) groups excluding carboxylic acids is 1. The van der Waals surface area contributed by atoms with Gasteiger partial charge in [-0.1, -0.05) is 17.7 Å². The van der Waals surface area contributed by atoms with E-state index in [9.17, 15) is 9.18 Å². The first-order valence-electron chi connectivity index (χ1n) is 10.7. The third-order valence-electron chi connectivity index (χ3n) is 7.10. The molecule has 5 rings (SSSR count). The highest BCUT2D eigenvalue weighted by atomic mass is 35.5. The van der Waals surface area contributed by atoms with Crippen LogP contribution in [0.2, 0.25) is 5.02 Å². The number of hydrogen-bond donors (Lipinski definition) is 1. The van der Waals surface area contributed by atoms with Crippen molar-refractivity contribution in [1.29, 1.82) is 0 Å². The smallest absolute Gasteiger partial charge is 0.251 e. The van der Waals surface area contributed by atoms with Gasteiger partial charge in [0.25, 0.3) is 5.91 Å². The van der Waals surface area contributed by atoms with Crippen molar-refractivity contribution in [3.63, 3.8) is 0 Å². The molecular weight excluding hydrogens is 419 g/mol. The molecule has 164 valence electrons. The molecule has 2 bridgehead atoms. The van der Waals surface area contributed by atoms with Crippen LogP contribution < -0.4 is 10.1 Å². The summed E-state index contributed by atoms with van der Waals surface area (Å²) in [6.07, 6.45) is 2.31. The van der Waals surface area contributed by atoms with E-state index in [0.29, 0.717) is 23.9 Å². The Morgan fingerprint density at radius 2 is 2.13 bits per heavy atom. The summed E-state index contributed by atoms with van der Waals surface area (Å²) >= 11 is 5.95. The second-order valence-corrected chi connectivity index (χ2v) is 9.29. The molecule has 1 N–H and O–H groups in total. The summed E-state index contributed by atoms with van der Waals surface area (Å²) in [5.74, 6) is 0.955. The molecule has 3 saturated heterocycles. The minimum Gasteiger partial charge on any atom is -0.497 e. The largest absolute Gasteiger partial charge is 0.497 e. The molecule has 5 nitrogen and oxygen atoms in total. The molecule has 3 aliphatic rings. The van der Waals surface area contributed by atoms with Crippen molar-refractivity contribution in [2.75, 3.05) is 26.7 Å². The Bertz CT molecular complexity index is 985. The maximum Gasteiger partial charge on any atom is 0.251 e. The van der Waals surface area contributed by atoms with Gasteiger partial charge >= 0.3 is 0 Å². The Morgan fingerprint density at radius 1 is 1.32 bits per heavy atom. The maximum absolute atomic E-state index is 13.5. The topological polar surface area (TPSA) is 50.8 Å². The van der Waals surface area contributed by atoms with Gasteiger partial charge in [-0.25, -0.2) is 4.39 Å². The second kappa shape index (κ2) is 8.08. The first-order chi connectivity index (χ1) is 15.0. The number of likely N-dealkylation sites (tertiary alicyclic amines) is 1. The number of benzene rings is 2. The van der Waals surface area contributed by atoms with Gasteiger partial charge in [-0.15, -0.1) is 0 Å². The van der Waals surface area contributed by atoms with E-state index in [-0.39, 0.29) is 22.6 Å². The highest BCUT2D eigenvalue weighted by Crippen LogP contribution is 2.54. The van der Waals surface area contributed by atoms with Crippen LogP contribution in [-0.4, -0.2) is 49.3 Å². The number of halogens is 2. The summed E-state index contributed by atoms with van der Waals surface area (Å²) < 4.78 is 25.1. The fourth-order valence-corrected chi connectivity index (χ4v) is 5.83. The zero-order chi connectivity index (χ0) is 21.6. The summed E-state index contributed by atoms with van der Waals surface area (Å²) in [6.45, 7) is 3.11. The Labute approximate surface area is 186 Å². The SMILES string of the molecule is COc1ccc(C(=O)NC[C@H]2[C@H]3CN(Cc4ccc(F)c(Cl)c4)C[C@]34CC[C@H]2O4)cc1. The molecule has 0 aromatic heterocycles. The number of nitrogens with zero attached hydrogens (tertiary/aromatic N) is 1. The van der Waals surface area contributed by atoms with E-state index >= 15 is 0 Å². The molecule has 2 aromatic carbocycles. The van der Waals surface area contributed by atoms with Gasteiger partial charge in [-0.2, -0.15) is 0 Å². The van der Waals surface area contributed by atoms with Crippen LogP contribution in [0, 0.1) is 17.7 Å². The summed E-state index contributed by atoms with van der Waals surface area (Å²) in [4.78, 5) is 15.0. The standard InChI is InChI=1S/C24H26ClFN2O3/c1-30-17-5-3-16(4-6-17)23(29)27-11-18-19-13-28(14-24(19)9-8-22(18)31-24)12-15-2-7-21(26)20(25)10-15/h2-7,10,18-19,22H,8-9,11-14H2,1H3,(H,27,29)/t18-,19+,22+,24+/m0/s1. The summed E-state index contributed by atoms with van der Waals surface area (Å²) in [7, 11) is 1.61. The number of nitrogens with one attached hydrogen (secondary N) is 1. The van der Waals surface area contributed by atoms with Crippen molar-refractivity contribution in [3.8, 4) is 5.75 Å². The Kier molecular flexibility index (Phi) is 5.40. The third-order valence-corrected chi connectivity index (χ3v) is 7.38. The van der Waals surface area contributed by atoms with E-state index < -0.39 is 5.82 Å². The molecule has 3 heterocycles. The molecule has 1 amide bonds. The lowest BCUT2D eigenvalue weighted by atomic mass is 9.73. The molecule has 3 aliphatic heterocycles. The number of ether oxygens (including phenoxy) is 2. The molecule has 0 unspecified atom stereocenters. The van der Waals surface area contributed by atoms with Gasteiger partial charge in [0.15, 0.2) is 0 Å². The second-order valence-electron chi connectivity index (χ2n) is 8.89. The number of rotatable bonds is 6. The van der Waals surface area contributed by atoms with Gasteiger partial charge < -0.3 is 14.8 Å². The molecule has 0 aliphatic carbocycles. The Morgan fingerprint density at radius 3 is 2.87 bits per heavy atom. The van der Waals surface area contributed by atoms with E-state index in [2.05, 4.69) is 10.2 Å². The summed E-state index contributed by atoms with van der Waals surface area (Å²) in [6, 6.07) is 12.1. The van der Waals surface area contributed by atoms with Crippen LogP contribution in [0.25, 0.3) is 0 Å². The first-order valence-corrected chi connectivity index (χ1v) is 11.1. The van der Waals surface area contributed by atoms with Crippen LogP contribution in [0.4, 0.5) is 4.39 Å². The highest BCUT2D eigenvalue weighted by Gasteiger charge is 2.62. The van der Waals surface area contributed by atoms with Crippen LogP contribution in [0.5, 0.6) is 5.75 Å². The van der Waals surface area contributed by atoms with Crippen molar-refractivity contribution in [2.24, 2.45) is 11.8 Å². The number of hydrogen-bond acceptors (Lipinski definition) is 4. The average Bonchev–Trinajstić information content (AvgIpc) is 3.43. The lowest BCUT2D eigenvalue weighted by Crippen LogP contribution is -2.41. The van der Waals surface area contributed by atoms with Gasteiger partial charge in [0.1, 0.15) is 11.6 Å². The van der Waals surface area contributed by atoms with Crippen LogP contribution in [-0.2, 0) is 11.3 Å². The molecule has 31 heavy (non-hydrogen) atoms. The minimum atomic E-state index is -0.392. The van der Waals surface area contributed by atoms with Gasteiger partial charge in [0.2, 0.25) is 0 Å². The first kappa shape index (κ1) is 20.7. The predicted molar refractivity (Wildman–Crippen MR) is 116 cm³/mol. The number of fused-ring (bicyclic) bond motifs is 1. The third kappa shape index (κ3) is 3.81.